The van der Waals surface area contributed by atoms with Gasteiger partial charge >= 0.3 is 0 Å². The third kappa shape index (κ3) is 6.20. The van der Waals surface area contributed by atoms with Gasteiger partial charge in [0.2, 0.25) is 0 Å². The summed E-state index contributed by atoms with van der Waals surface area (Å²) in [5.74, 6) is 0.122. The van der Waals surface area contributed by atoms with Gasteiger partial charge in [0, 0.05) is 6.42 Å². The average Bonchev–Trinajstić information content (AvgIpc) is 2.28. The molecule has 0 unspecified atom stereocenters. The molecule has 0 amide bonds. The Bertz CT molecular complexity index is 469. The Morgan fingerprint density at radius 1 is 1.11 bits per heavy atom. The summed E-state index contributed by atoms with van der Waals surface area (Å²) in [6, 6.07) is 0. The molecule has 19 heavy (non-hydrogen) atoms. The van der Waals surface area contributed by atoms with Crippen LogP contribution in [-0.4, -0.2) is 69.3 Å². The van der Waals surface area contributed by atoms with E-state index in [1.807, 2.05) is 0 Å². The van der Waals surface area contributed by atoms with Crippen molar-refractivity contribution in [2.24, 2.45) is 0 Å². The van der Waals surface area contributed by atoms with Gasteiger partial charge in [0.05, 0.1) is 43.4 Å². The lowest BCUT2D eigenvalue weighted by atomic mass is 10.2. The van der Waals surface area contributed by atoms with E-state index in [1.54, 1.807) is 0 Å². The molecule has 1 rings (SSSR count). The number of hydrogen-bond donors (Lipinski definition) is 1. The van der Waals surface area contributed by atoms with E-state index >= 15 is 0 Å². The fraction of sp³-hybridized carbons (Fsp3) is 1.00. The Morgan fingerprint density at radius 2 is 1.63 bits per heavy atom. The van der Waals surface area contributed by atoms with Crippen LogP contribution in [0, 0.1) is 0 Å². The molecule has 0 spiro atoms. The van der Waals surface area contributed by atoms with Crippen molar-refractivity contribution in [1.29, 1.82) is 0 Å². The maximum absolute atomic E-state index is 11.5. The minimum Gasteiger partial charge on any atom is -0.322 e. The summed E-state index contributed by atoms with van der Waals surface area (Å²) in [5, 5.41) is 0. The van der Waals surface area contributed by atoms with Gasteiger partial charge in [-0.2, -0.15) is 8.42 Å². The molecule has 8 heteroatoms. The monoisotopic (exact) mass is 314 g/mol. The van der Waals surface area contributed by atoms with E-state index in [1.165, 1.54) is 0 Å². The molecule has 0 aromatic heterocycles. The van der Waals surface area contributed by atoms with Gasteiger partial charge in [-0.25, -0.2) is 8.42 Å². The molecule has 6 nitrogen and oxygen atoms in total. The van der Waals surface area contributed by atoms with E-state index in [0.29, 0.717) is 30.5 Å². The number of sulfone groups is 1. The first kappa shape index (κ1) is 16.9. The minimum absolute atomic E-state index is 0.183. The molecule has 1 fully saturated rings. The van der Waals surface area contributed by atoms with Crippen molar-refractivity contribution < 1.29 is 25.9 Å². The molecule has 1 saturated heterocycles. The smallest absolute Gasteiger partial charge is 0.265 e. The van der Waals surface area contributed by atoms with Crippen molar-refractivity contribution in [3.8, 4) is 0 Å². The summed E-state index contributed by atoms with van der Waals surface area (Å²) in [6.45, 7) is 4.71. The first-order valence-corrected chi connectivity index (χ1v) is 10.1. The maximum Gasteiger partial charge on any atom is 0.265 e. The third-order valence-corrected chi connectivity index (χ3v) is 6.19. The van der Waals surface area contributed by atoms with Crippen molar-refractivity contribution in [1.82, 2.24) is 0 Å². The highest BCUT2D eigenvalue weighted by molar-refractivity contribution is 7.91. The molecule has 0 aromatic carbocycles. The molecule has 0 saturated carbocycles. The Hall–Kier alpha value is -0.180. The largest absolute Gasteiger partial charge is 0.322 e. The molecule has 0 bridgehead atoms. The summed E-state index contributed by atoms with van der Waals surface area (Å²) < 4.78 is 53.9. The maximum atomic E-state index is 11.5. The van der Waals surface area contributed by atoms with Crippen LogP contribution in [-0.2, 0) is 20.0 Å². The number of nitrogens with zero attached hydrogens (tertiary/aromatic N) is 1. The Balaban J connectivity index is 2.61. The van der Waals surface area contributed by atoms with Crippen LogP contribution in [0.15, 0.2) is 0 Å². The number of quaternary nitrogens is 1. The summed E-state index contributed by atoms with van der Waals surface area (Å²) in [6.07, 6.45) is 2.42. The van der Waals surface area contributed by atoms with Crippen LogP contribution < -0.4 is 0 Å². The van der Waals surface area contributed by atoms with Gasteiger partial charge in [-0.1, -0.05) is 13.3 Å². The van der Waals surface area contributed by atoms with Gasteiger partial charge in [-0.15, -0.1) is 0 Å². The Morgan fingerprint density at radius 3 is 2.11 bits per heavy atom. The van der Waals surface area contributed by atoms with Gasteiger partial charge in [-0.05, 0) is 6.42 Å². The second-order valence-electron chi connectivity index (χ2n) is 5.38. The summed E-state index contributed by atoms with van der Waals surface area (Å²) >= 11 is 0. The van der Waals surface area contributed by atoms with E-state index < -0.39 is 20.0 Å². The zero-order valence-electron chi connectivity index (χ0n) is 11.4. The predicted octanol–water partition coefficient (Wildman–Crippen LogP) is 0.310. The first-order valence-electron chi connectivity index (χ1n) is 6.69. The Kier molecular flexibility index (Phi) is 5.78. The zero-order valence-corrected chi connectivity index (χ0v) is 13.0. The number of hydrogen-bond acceptors (Lipinski definition) is 4. The van der Waals surface area contributed by atoms with Crippen LogP contribution in [0.1, 0.15) is 26.2 Å². The molecule has 114 valence electrons. The molecule has 1 aliphatic heterocycles. The standard InChI is InChI=1S/C11H23NO5S2/c1-2-3-5-12(6-4-9-19(15,16)17)7-10-18(13,14)11-8-12/h2-11H2,1H3/p+1. The van der Waals surface area contributed by atoms with Gasteiger partial charge < -0.3 is 4.48 Å². The van der Waals surface area contributed by atoms with E-state index in [9.17, 15) is 16.8 Å². The number of rotatable bonds is 7. The van der Waals surface area contributed by atoms with Gasteiger partial charge in [0.25, 0.3) is 10.1 Å². The van der Waals surface area contributed by atoms with Crippen LogP contribution in [0.4, 0.5) is 0 Å². The average molecular weight is 314 g/mol. The molecule has 1 aliphatic rings. The fourth-order valence-electron chi connectivity index (χ4n) is 2.51. The molecule has 0 radical (unpaired) electrons. The van der Waals surface area contributed by atoms with Crippen molar-refractivity contribution in [3.63, 3.8) is 0 Å². The van der Waals surface area contributed by atoms with E-state index in [4.69, 9.17) is 4.55 Å². The number of unbranched alkanes of at least 4 members (excludes halogenated alkanes) is 1. The summed E-state index contributed by atoms with van der Waals surface area (Å²) in [5.41, 5.74) is 0. The third-order valence-electron chi connectivity index (χ3n) is 3.77. The molecular formula is C11H24NO5S2+. The van der Waals surface area contributed by atoms with Crippen molar-refractivity contribution >= 4 is 20.0 Å². The van der Waals surface area contributed by atoms with E-state index in [0.717, 1.165) is 19.4 Å². The topological polar surface area (TPSA) is 88.5 Å². The molecule has 1 N–H and O–H groups in total. The normalized spacial score (nSPS) is 22.2. The fourth-order valence-corrected chi connectivity index (χ4v) is 4.54. The second-order valence-corrected chi connectivity index (χ2v) is 9.26. The van der Waals surface area contributed by atoms with Crippen LogP contribution >= 0.6 is 0 Å². The summed E-state index contributed by atoms with van der Waals surface area (Å²) in [7, 11) is -6.84. The van der Waals surface area contributed by atoms with Gasteiger partial charge in [-0.3, -0.25) is 4.55 Å². The second kappa shape index (κ2) is 6.51. The van der Waals surface area contributed by atoms with Crippen LogP contribution in [0.3, 0.4) is 0 Å². The highest BCUT2D eigenvalue weighted by Crippen LogP contribution is 2.17. The van der Waals surface area contributed by atoms with E-state index in [2.05, 4.69) is 6.92 Å². The molecule has 0 aliphatic carbocycles. The molecule has 0 atom stereocenters. The lowest BCUT2D eigenvalue weighted by molar-refractivity contribution is -0.925. The first-order chi connectivity index (χ1) is 8.68. The van der Waals surface area contributed by atoms with Gasteiger partial charge in [0.15, 0.2) is 9.84 Å². The molecular weight excluding hydrogens is 290 g/mol. The lowest BCUT2D eigenvalue weighted by Crippen LogP contribution is -2.57. The van der Waals surface area contributed by atoms with Crippen molar-refractivity contribution in [2.75, 3.05) is 43.4 Å². The highest BCUT2D eigenvalue weighted by Gasteiger charge is 2.35. The molecule has 1 heterocycles. The van der Waals surface area contributed by atoms with Crippen molar-refractivity contribution in [2.45, 2.75) is 26.2 Å². The van der Waals surface area contributed by atoms with Crippen molar-refractivity contribution in [3.05, 3.63) is 0 Å². The lowest BCUT2D eigenvalue weighted by Gasteiger charge is -2.41. The zero-order chi connectivity index (χ0) is 14.6. The quantitative estimate of drug-likeness (QED) is 0.540. The van der Waals surface area contributed by atoms with Gasteiger partial charge in [0.1, 0.15) is 0 Å². The molecule has 0 aromatic rings. The van der Waals surface area contributed by atoms with Crippen LogP contribution in [0.25, 0.3) is 0 Å². The highest BCUT2D eigenvalue weighted by atomic mass is 32.2. The van der Waals surface area contributed by atoms with E-state index in [-0.39, 0.29) is 17.3 Å². The summed E-state index contributed by atoms with van der Waals surface area (Å²) in [4.78, 5) is 0. The van der Waals surface area contributed by atoms with Crippen LogP contribution in [0.2, 0.25) is 0 Å². The Labute approximate surface area is 116 Å². The van der Waals surface area contributed by atoms with Crippen LogP contribution in [0.5, 0.6) is 0 Å². The minimum atomic E-state index is -3.92. The predicted molar refractivity (Wildman–Crippen MR) is 74.3 cm³/mol. The SMILES string of the molecule is CCCC[N+]1(CCCS(=O)(=O)O)CCS(=O)(=O)CC1.